The van der Waals surface area contributed by atoms with Crippen molar-refractivity contribution in [2.45, 2.75) is 12.5 Å². The van der Waals surface area contributed by atoms with Gasteiger partial charge in [-0.05, 0) is 29.3 Å². The quantitative estimate of drug-likeness (QED) is 0.863. The lowest BCUT2D eigenvalue weighted by Crippen LogP contribution is -2.24. The van der Waals surface area contributed by atoms with Gasteiger partial charge in [0.25, 0.3) is 0 Å². The summed E-state index contributed by atoms with van der Waals surface area (Å²) in [5.74, 6) is 1.69. The number of halogens is 1. The van der Waals surface area contributed by atoms with Crippen LogP contribution in [0.3, 0.4) is 0 Å². The molecule has 0 radical (unpaired) electrons. The van der Waals surface area contributed by atoms with Gasteiger partial charge in [-0.25, -0.2) is 9.97 Å². The standard InChI is InChI=1S/C13H12ClN3O/c14-13-15-6-5-12(17-13)16-8-10-7-9-3-1-2-4-11(9)18-10/h1-6,10H,7-8H2,(H,15,16,17). The number of aromatic nitrogens is 2. The van der Waals surface area contributed by atoms with Crippen molar-refractivity contribution in [3.05, 3.63) is 47.4 Å². The van der Waals surface area contributed by atoms with Crippen molar-refractivity contribution in [3.63, 3.8) is 0 Å². The molecule has 3 rings (SSSR count). The largest absolute Gasteiger partial charge is 0.488 e. The summed E-state index contributed by atoms with van der Waals surface area (Å²) in [6, 6.07) is 9.89. The van der Waals surface area contributed by atoms with Gasteiger partial charge in [0.2, 0.25) is 5.28 Å². The summed E-state index contributed by atoms with van der Waals surface area (Å²) in [6.07, 6.45) is 2.68. The van der Waals surface area contributed by atoms with E-state index in [-0.39, 0.29) is 11.4 Å². The molecule has 1 unspecified atom stereocenters. The predicted molar refractivity (Wildman–Crippen MR) is 70.1 cm³/mol. The van der Waals surface area contributed by atoms with E-state index in [0.717, 1.165) is 18.0 Å². The van der Waals surface area contributed by atoms with Gasteiger partial charge < -0.3 is 10.1 Å². The first-order valence-electron chi connectivity index (χ1n) is 5.78. The van der Waals surface area contributed by atoms with Gasteiger partial charge in [0, 0.05) is 12.6 Å². The summed E-state index contributed by atoms with van der Waals surface area (Å²) in [7, 11) is 0. The minimum Gasteiger partial charge on any atom is -0.488 e. The highest BCUT2D eigenvalue weighted by Crippen LogP contribution is 2.28. The van der Waals surface area contributed by atoms with Crippen LogP contribution in [0, 0.1) is 0 Å². The van der Waals surface area contributed by atoms with E-state index in [0.29, 0.717) is 6.54 Å². The van der Waals surface area contributed by atoms with Crippen molar-refractivity contribution in [2.75, 3.05) is 11.9 Å². The molecule has 1 aliphatic heterocycles. The van der Waals surface area contributed by atoms with Crippen LogP contribution in [0.15, 0.2) is 36.5 Å². The Hall–Kier alpha value is -1.81. The maximum atomic E-state index is 5.82. The monoisotopic (exact) mass is 261 g/mol. The van der Waals surface area contributed by atoms with Crippen LogP contribution in [0.25, 0.3) is 0 Å². The maximum absolute atomic E-state index is 5.82. The molecule has 2 aromatic rings. The zero-order valence-electron chi connectivity index (χ0n) is 9.64. The molecule has 0 spiro atoms. The number of benzene rings is 1. The molecular weight excluding hydrogens is 250 g/mol. The fourth-order valence-corrected chi connectivity index (χ4v) is 2.17. The molecular formula is C13H12ClN3O. The molecule has 2 heterocycles. The highest BCUT2D eigenvalue weighted by Gasteiger charge is 2.21. The van der Waals surface area contributed by atoms with E-state index in [9.17, 15) is 0 Å². The topological polar surface area (TPSA) is 47.0 Å². The number of hydrogen-bond donors (Lipinski definition) is 1. The number of para-hydroxylation sites is 1. The van der Waals surface area contributed by atoms with Gasteiger partial charge in [0.15, 0.2) is 0 Å². The second-order valence-electron chi connectivity index (χ2n) is 4.14. The van der Waals surface area contributed by atoms with E-state index in [4.69, 9.17) is 16.3 Å². The number of ether oxygens (including phenoxy) is 1. The van der Waals surface area contributed by atoms with E-state index in [1.807, 2.05) is 18.2 Å². The van der Waals surface area contributed by atoms with Crippen LogP contribution in [-0.4, -0.2) is 22.6 Å². The fourth-order valence-electron chi connectivity index (χ4n) is 2.02. The molecule has 0 fully saturated rings. The highest BCUT2D eigenvalue weighted by atomic mass is 35.5. The number of nitrogens with one attached hydrogen (secondary N) is 1. The number of anilines is 1. The Morgan fingerprint density at radius 1 is 1.33 bits per heavy atom. The van der Waals surface area contributed by atoms with Gasteiger partial charge in [-0.3, -0.25) is 0 Å². The number of nitrogens with zero attached hydrogens (tertiary/aromatic N) is 2. The molecule has 0 amide bonds. The van der Waals surface area contributed by atoms with E-state index in [2.05, 4.69) is 21.4 Å². The molecule has 92 valence electrons. The van der Waals surface area contributed by atoms with Gasteiger partial charge in [-0.1, -0.05) is 18.2 Å². The lowest BCUT2D eigenvalue weighted by atomic mass is 10.1. The third kappa shape index (κ3) is 2.38. The Labute approximate surface area is 110 Å². The van der Waals surface area contributed by atoms with Gasteiger partial charge in [-0.15, -0.1) is 0 Å². The Balaban J connectivity index is 1.60. The first-order chi connectivity index (χ1) is 8.81. The Morgan fingerprint density at radius 2 is 2.22 bits per heavy atom. The lowest BCUT2D eigenvalue weighted by molar-refractivity contribution is 0.246. The minimum absolute atomic E-state index is 0.135. The van der Waals surface area contributed by atoms with Gasteiger partial charge in [0.1, 0.15) is 17.7 Å². The van der Waals surface area contributed by atoms with E-state index in [1.165, 1.54) is 5.56 Å². The van der Waals surface area contributed by atoms with Gasteiger partial charge in [-0.2, -0.15) is 0 Å². The summed E-state index contributed by atoms with van der Waals surface area (Å²) in [5.41, 5.74) is 1.25. The number of hydrogen-bond acceptors (Lipinski definition) is 4. The van der Waals surface area contributed by atoms with Gasteiger partial charge in [0.05, 0.1) is 6.54 Å². The molecule has 1 aromatic heterocycles. The van der Waals surface area contributed by atoms with Crippen molar-refractivity contribution in [1.82, 2.24) is 9.97 Å². The Kier molecular flexibility index (Phi) is 3.02. The van der Waals surface area contributed by atoms with Gasteiger partial charge >= 0.3 is 0 Å². The predicted octanol–water partition coefficient (Wildman–Crippen LogP) is 2.55. The Morgan fingerprint density at radius 3 is 3.06 bits per heavy atom. The average Bonchev–Trinajstić information content (AvgIpc) is 2.79. The average molecular weight is 262 g/mol. The van der Waals surface area contributed by atoms with Crippen molar-refractivity contribution in [1.29, 1.82) is 0 Å². The van der Waals surface area contributed by atoms with E-state index in [1.54, 1.807) is 12.3 Å². The molecule has 4 nitrogen and oxygen atoms in total. The molecule has 1 atom stereocenters. The fraction of sp³-hybridized carbons (Fsp3) is 0.231. The van der Waals surface area contributed by atoms with Crippen LogP contribution < -0.4 is 10.1 Å². The molecule has 5 heteroatoms. The summed E-state index contributed by atoms with van der Waals surface area (Å²) < 4.78 is 5.82. The van der Waals surface area contributed by atoms with Crippen LogP contribution in [0.5, 0.6) is 5.75 Å². The van der Waals surface area contributed by atoms with Crippen LogP contribution in [0.4, 0.5) is 5.82 Å². The summed E-state index contributed by atoms with van der Waals surface area (Å²) >= 11 is 5.72. The molecule has 18 heavy (non-hydrogen) atoms. The smallest absolute Gasteiger partial charge is 0.224 e. The van der Waals surface area contributed by atoms with Crippen molar-refractivity contribution in [2.24, 2.45) is 0 Å². The number of fused-ring (bicyclic) bond motifs is 1. The minimum atomic E-state index is 0.135. The molecule has 0 bridgehead atoms. The first kappa shape index (κ1) is 11.3. The zero-order valence-corrected chi connectivity index (χ0v) is 10.4. The number of rotatable bonds is 3. The molecule has 1 aliphatic rings. The Bertz CT molecular complexity index is 536. The van der Waals surface area contributed by atoms with Crippen molar-refractivity contribution in [3.8, 4) is 5.75 Å². The maximum Gasteiger partial charge on any atom is 0.224 e. The van der Waals surface area contributed by atoms with Crippen molar-refractivity contribution < 1.29 is 4.74 Å². The lowest BCUT2D eigenvalue weighted by Gasteiger charge is -2.12. The van der Waals surface area contributed by atoms with Crippen LogP contribution in [0.2, 0.25) is 5.28 Å². The molecule has 1 N–H and O–H groups in total. The van der Waals surface area contributed by atoms with Crippen LogP contribution in [0.1, 0.15) is 5.56 Å². The second kappa shape index (κ2) is 4.82. The highest BCUT2D eigenvalue weighted by molar-refractivity contribution is 6.28. The molecule has 0 saturated carbocycles. The third-order valence-electron chi connectivity index (χ3n) is 2.85. The molecule has 0 saturated heterocycles. The molecule has 0 aliphatic carbocycles. The van der Waals surface area contributed by atoms with Crippen molar-refractivity contribution >= 4 is 17.4 Å². The summed E-state index contributed by atoms with van der Waals surface area (Å²) in [6.45, 7) is 0.696. The third-order valence-corrected chi connectivity index (χ3v) is 3.03. The summed E-state index contributed by atoms with van der Waals surface area (Å²) in [4.78, 5) is 7.91. The first-order valence-corrected chi connectivity index (χ1v) is 6.16. The second-order valence-corrected chi connectivity index (χ2v) is 4.48. The normalized spacial score (nSPS) is 17.1. The van der Waals surface area contributed by atoms with E-state index < -0.39 is 0 Å². The SMILES string of the molecule is Clc1nccc(NCC2Cc3ccccc3O2)n1. The summed E-state index contributed by atoms with van der Waals surface area (Å²) in [5, 5.41) is 3.45. The van der Waals surface area contributed by atoms with Crippen LogP contribution >= 0.6 is 11.6 Å². The molecule has 1 aromatic carbocycles. The zero-order chi connectivity index (χ0) is 12.4. The van der Waals surface area contributed by atoms with E-state index >= 15 is 0 Å². The van der Waals surface area contributed by atoms with Crippen LogP contribution in [-0.2, 0) is 6.42 Å².